The van der Waals surface area contributed by atoms with Gasteiger partial charge in [-0.05, 0) is 17.5 Å². The third-order valence-electron chi connectivity index (χ3n) is 3.09. The first kappa shape index (κ1) is 11.8. The first-order valence-corrected chi connectivity index (χ1v) is 5.72. The van der Waals surface area contributed by atoms with Crippen LogP contribution in [0.5, 0.6) is 0 Å². The van der Waals surface area contributed by atoms with Crippen molar-refractivity contribution < 1.29 is 9.90 Å². The molecule has 2 N–H and O–H groups in total. The third-order valence-corrected chi connectivity index (χ3v) is 3.09. The monoisotopic (exact) mass is 234 g/mol. The van der Waals surface area contributed by atoms with E-state index in [2.05, 4.69) is 24.1 Å². The van der Waals surface area contributed by atoms with Crippen LogP contribution in [0, 0.1) is 5.41 Å². The molecule has 4 heteroatoms. The summed E-state index contributed by atoms with van der Waals surface area (Å²) in [6.07, 6.45) is 0. The minimum Gasteiger partial charge on any atom is -0.478 e. The molecule has 1 aromatic rings. The Balaban J connectivity index is 2.50. The van der Waals surface area contributed by atoms with Crippen LogP contribution in [-0.2, 0) is 0 Å². The summed E-state index contributed by atoms with van der Waals surface area (Å²) in [5, 5.41) is 12.5. The number of carboxylic acid groups (broad SMARTS) is 1. The maximum Gasteiger partial charge on any atom is 0.337 e. The van der Waals surface area contributed by atoms with Gasteiger partial charge in [-0.3, -0.25) is 0 Å². The Hall–Kier alpha value is -1.71. The van der Waals surface area contributed by atoms with Crippen LogP contribution < -0.4 is 10.2 Å². The number of carbonyl (C=O) groups is 1. The number of hydrogen-bond acceptors (Lipinski definition) is 3. The molecule has 0 aliphatic carbocycles. The molecule has 0 fully saturated rings. The molecular formula is C13H18N2O2. The maximum absolute atomic E-state index is 11.2. The van der Waals surface area contributed by atoms with Crippen LogP contribution in [0.2, 0.25) is 0 Å². The molecular weight excluding hydrogens is 216 g/mol. The van der Waals surface area contributed by atoms with E-state index >= 15 is 0 Å². The number of benzene rings is 1. The minimum absolute atomic E-state index is 0.115. The molecule has 2 rings (SSSR count). The SMILES string of the molecule is CN1CC(C)(C)CNc2c(C(=O)O)cccc21. The Morgan fingerprint density at radius 3 is 2.82 bits per heavy atom. The number of rotatable bonds is 1. The average molecular weight is 234 g/mol. The molecule has 4 nitrogen and oxygen atoms in total. The topological polar surface area (TPSA) is 52.6 Å². The number of fused-ring (bicyclic) bond motifs is 1. The van der Waals surface area contributed by atoms with Crippen LogP contribution in [0.15, 0.2) is 18.2 Å². The standard InChI is InChI=1S/C13H18N2O2/c1-13(2)7-14-11-9(12(16)17)5-4-6-10(11)15(3)8-13/h4-6,14H,7-8H2,1-3H3,(H,16,17). The van der Waals surface area contributed by atoms with Crippen molar-refractivity contribution in [1.29, 1.82) is 0 Å². The quantitative estimate of drug-likeness (QED) is 0.782. The lowest BCUT2D eigenvalue weighted by Gasteiger charge is -2.27. The smallest absolute Gasteiger partial charge is 0.337 e. The van der Waals surface area contributed by atoms with Gasteiger partial charge in [-0.2, -0.15) is 0 Å². The maximum atomic E-state index is 11.2. The van der Waals surface area contributed by atoms with Crippen molar-refractivity contribution in [3.63, 3.8) is 0 Å². The normalized spacial score (nSPS) is 17.9. The van der Waals surface area contributed by atoms with E-state index in [0.29, 0.717) is 5.56 Å². The van der Waals surface area contributed by atoms with Crippen LogP contribution in [0.4, 0.5) is 11.4 Å². The Morgan fingerprint density at radius 2 is 2.18 bits per heavy atom. The molecule has 1 aliphatic rings. The largest absolute Gasteiger partial charge is 0.478 e. The van der Waals surface area contributed by atoms with Gasteiger partial charge in [-0.15, -0.1) is 0 Å². The molecule has 0 radical (unpaired) electrons. The number of nitrogens with one attached hydrogen (secondary N) is 1. The van der Waals surface area contributed by atoms with E-state index in [-0.39, 0.29) is 5.41 Å². The molecule has 92 valence electrons. The zero-order valence-corrected chi connectivity index (χ0v) is 10.4. The Bertz CT molecular complexity index is 455. The van der Waals surface area contributed by atoms with Crippen LogP contribution in [0.1, 0.15) is 24.2 Å². The molecule has 1 heterocycles. The summed E-state index contributed by atoms with van der Waals surface area (Å²) in [6.45, 7) is 6.01. The van der Waals surface area contributed by atoms with Crippen molar-refractivity contribution in [3.8, 4) is 0 Å². The highest BCUT2D eigenvalue weighted by molar-refractivity contribution is 5.98. The predicted molar refractivity (Wildman–Crippen MR) is 68.9 cm³/mol. The average Bonchev–Trinajstić information content (AvgIpc) is 2.35. The second kappa shape index (κ2) is 3.95. The van der Waals surface area contributed by atoms with Crippen molar-refractivity contribution in [3.05, 3.63) is 23.8 Å². The predicted octanol–water partition coefficient (Wildman–Crippen LogP) is 2.27. The number of aromatic carboxylic acids is 1. The van der Waals surface area contributed by atoms with Gasteiger partial charge in [0.25, 0.3) is 0 Å². The molecule has 0 unspecified atom stereocenters. The number of carboxylic acids is 1. The van der Waals surface area contributed by atoms with E-state index < -0.39 is 5.97 Å². The van der Waals surface area contributed by atoms with Gasteiger partial charge in [0.15, 0.2) is 0 Å². The Kier molecular flexibility index (Phi) is 2.73. The summed E-state index contributed by atoms with van der Waals surface area (Å²) in [5.74, 6) is -0.887. The third kappa shape index (κ3) is 2.20. The van der Waals surface area contributed by atoms with Crippen molar-refractivity contribution in [1.82, 2.24) is 0 Å². The number of para-hydroxylation sites is 1. The van der Waals surface area contributed by atoms with Gasteiger partial charge in [-0.25, -0.2) is 4.79 Å². The number of anilines is 2. The summed E-state index contributed by atoms with van der Waals surface area (Å²) < 4.78 is 0. The van der Waals surface area contributed by atoms with Gasteiger partial charge in [0, 0.05) is 20.1 Å². The first-order chi connectivity index (χ1) is 7.91. The van der Waals surface area contributed by atoms with Gasteiger partial charge in [0.05, 0.1) is 16.9 Å². The molecule has 0 spiro atoms. The Labute approximate surface area is 101 Å². The fraction of sp³-hybridized carbons (Fsp3) is 0.462. The van der Waals surface area contributed by atoms with Crippen molar-refractivity contribution in [2.24, 2.45) is 5.41 Å². The van der Waals surface area contributed by atoms with Crippen LogP contribution >= 0.6 is 0 Å². The molecule has 17 heavy (non-hydrogen) atoms. The summed E-state index contributed by atoms with van der Waals surface area (Å²) in [5.41, 5.74) is 2.14. The molecule has 0 amide bonds. The van der Waals surface area contributed by atoms with Gasteiger partial charge in [0.2, 0.25) is 0 Å². The van der Waals surface area contributed by atoms with E-state index in [1.807, 2.05) is 13.1 Å². The van der Waals surface area contributed by atoms with E-state index in [4.69, 9.17) is 0 Å². The van der Waals surface area contributed by atoms with E-state index in [9.17, 15) is 9.90 Å². The molecule has 1 aliphatic heterocycles. The summed E-state index contributed by atoms with van der Waals surface area (Å²) in [4.78, 5) is 13.3. The lowest BCUT2D eigenvalue weighted by Crippen LogP contribution is -2.33. The molecule has 0 aromatic heterocycles. The van der Waals surface area contributed by atoms with Crippen LogP contribution in [0.3, 0.4) is 0 Å². The highest BCUT2D eigenvalue weighted by Gasteiger charge is 2.27. The number of nitrogens with zero attached hydrogens (tertiary/aromatic N) is 1. The van der Waals surface area contributed by atoms with E-state index in [1.54, 1.807) is 12.1 Å². The zero-order valence-electron chi connectivity index (χ0n) is 10.4. The van der Waals surface area contributed by atoms with Crippen LogP contribution in [0.25, 0.3) is 0 Å². The Morgan fingerprint density at radius 1 is 1.47 bits per heavy atom. The van der Waals surface area contributed by atoms with Crippen molar-refractivity contribution >= 4 is 17.3 Å². The van der Waals surface area contributed by atoms with E-state index in [0.717, 1.165) is 24.5 Å². The van der Waals surface area contributed by atoms with Crippen molar-refractivity contribution in [2.45, 2.75) is 13.8 Å². The molecule has 0 saturated carbocycles. The van der Waals surface area contributed by atoms with Gasteiger partial charge < -0.3 is 15.3 Å². The molecule has 1 aromatic carbocycles. The molecule has 0 bridgehead atoms. The fourth-order valence-corrected chi connectivity index (χ4v) is 2.33. The second-order valence-electron chi connectivity index (χ2n) is 5.38. The fourth-order valence-electron chi connectivity index (χ4n) is 2.33. The summed E-state index contributed by atoms with van der Waals surface area (Å²) in [7, 11) is 2.00. The first-order valence-electron chi connectivity index (χ1n) is 5.72. The van der Waals surface area contributed by atoms with Gasteiger partial charge in [0.1, 0.15) is 0 Å². The minimum atomic E-state index is -0.887. The molecule has 0 saturated heterocycles. The van der Waals surface area contributed by atoms with Crippen molar-refractivity contribution in [2.75, 3.05) is 30.4 Å². The molecule has 0 atom stereocenters. The lowest BCUT2D eigenvalue weighted by atomic mass is 9.93. The van der Waals surface area contributed by atoms with E-state index in [1.165, 1.54) is 0 Å². The summed E-state index contributed by atoms with van der Waals surface area (Å²) in [6, 6.07) is 5.38. The van der Waals surface area contributed by atoms with Gasteiger partial charge in [-0.1, -0.05) is 19.9 Å². The lowest BCUT2D eigenvalue weighted by molar-refractivity contribution is 0.0698. The van der Waals surface area contributed by atoms with Gasteiger partial charge >= 0.3 is 5.97 Å². The van der Waals surface area contributed by atoms with Crippen LogP contribution in [-0.4, -0.2) is 31.2 Å². The highest BCUT2D eigenvalue weighted by Crippen LogP contribution is 2.34. The summed E-state index contributed by atoms with van der Waals surface area (Å²) >= 11 is 0. The zero-order chi connectivity index (χ0) is 12.6. The highest BCUT2D eigenvalue weighted by atomic mass is 16.4. The number of hydrogen-bond donors (Lipinski definition) is 2. The second-order valence-corrected chi connectivity index (χ2v) is 5.38.